The fourth-order valence-electron chi connectivity index (χ4n) is 4.41. The van der Waals surface area contributed by atoms with Gasteiger partial charge in [0.25, 0.3) is 0 Å². The second-order valence-electron chi connectivity index (χ2n) is 10.1. The highest BCUT2D eigenvalue weighted by Gasteiger charge is 2.15. The molecule has 0 amide bonds. The smallest absolute Gasteiger partial charge is 0.306 e. The van der Waals surface area contributed by atoms with Crippen LogP contribution in [-0.4, -0.2) is 25.3 Å². The Bertz CT molecular complexity index is 732. The van der Waals surface area contributed by atoms with Crippen LogP contribution in [0.4, 0.5) is 0 Å². The van der Waals surface area contributed by atoms with Crippen molar-refractivity contribution in [1.29, 1.82) is 0 Å². The van der Waals surface area contributed by atoms with Crippen molar-refractivity contribution < 1.29 is 19.0 Å². The van der Waals surface area contributed by atoms with E-state index in [2.05, 4.69) is 6.92 Å². The van der Waals surface area contributed by atoms with Crippen LogP contribution in [0, 0.1) is 0 Å². The van der Waals surface area contributed by atoms with Crippen molar-refractivity contribution in [3.05, 3.63) is 71.8 Å². The second-order valence-corrected chi connectivity index (χ2v) is 10.1. The van der Waals surface area contributed by atoms with E-state index in [4.69, 9.17) is 14.2 Å². The Morgan fingerprint density at radius 3 is 1.43 bits per heavy atom. The lowest BCUT2D eigenvalue weighted by atomic mass is 10.0. The van der Waals surface area contributed by atoms with Crippen LogP contribution in [0.1, 0.15) is 108 Å². The molecule has 0 saturated heterocycles. The van der Waals surface area contributed by atoms with E-state index in [0.717, 1.165) is 24.0 Å². The first-order chi connectivity index (χ1) is 18.3. The molecule has 0 bridgehead atoms. The Morgan fingerprint density at radius 2 is 1.00 bits per heavy atom. The number of unbranched alkanes of at least 4 members (excludes halogenated alkanes) is 12. The molecule has 0 radical (unpaired) electrons. The predicted molar refractivity (Wildman–Crippen MR) is 152 cm³/mol. The molecule has 0 aliphatic heterocycles. The zero-order valence-electron chi connectivity index (χ0n) is 23.2. The molecule has 4 heteroatoms. The van der Waals surface area contributed by atoms with E-state index < -0.39 is 6.10 Å². The lowest BCUT2D eigenvalue weighted by Crippen LogP contribution is -2.28. The van der Waals surface area contributed by atoms with E-state index in [1.54, 1.807) is 0 Å². The minimum atomic E-state index is -0.401. The summed E-state index contributed by atoms with van der Waals surface area (Å²) in [6, 6.07) is 20.1. The van der Waals surface area contributed by atoms with Crippen molar-refractivity contribution in [2.75, 3.05) is 13.2 Å². The first-order valence-corrected chi connectivity index (χ1v) is 14.7. The number of hydrogen-bond donors (Lipinski definition) is 0. The predicted octanol–water partition coefficient (Wildman–Crippen LogP) is 8.81. The largest absolute Gasteiger partial charge is 0.457 e. The summed E-state index contributed by atoms with van der Waals surface area (Å²) in [4.78, 5) is 12.5. The maximum absolute atomic E-state index is 12.5. The first-order valence-electron chi connectivity index (χ1n) is 14.7. The SMILES string of the molecule is CCCCCCCCCCCCCCCC(=O)OC(COCc1ccccc1)COCc1ccccc1. The zero-order chi connectivity index (χ0) is 26.2. The molecular weight excluding hydrogens is 460 g/mol. The molecule has 2 aromatic carbocycles. The summed E-state index contributed by atoms with van der Waals surface area (Å²) >= 11 is 0. The molecule has 2 aromatic rings. The normalized spacial score (nSPS) is 11.2. The second kappa shape index (κ2) is 21.9. The number of benzene rings is 2. The third-order valence-corrected chi connectivity index (χ3v) is 6.61. The summed E-state index contributed by atoms with van der Waals surface area (Å²) in [5.74, 6) is -0.153. The Balaban J connectivity index is 1.56. The topological polar surface area (TPSA) is 44.8 Å². The van der Waals surface area contributed by atoms with Crippen LogP contribution in [-0.2, 0) is 32.2 Å². The van der Waals surface area contributed by atoms with Gasteiger partial charge < -0.3 is 14.2 Å². The van der Waals surface area contributed by atoms with Crippen LogP contribution in [0.3, 0.4) is 0 Å². The van der Waals surface area contributed by atoms with Gasteiger partial charge in [0, 0.05) is 6.42 Å². The Hall–Kier alpha value is -2.17. The van der Waals surface area contributed by atoms with Gasteiger partial charge in [-0.05, 0) is 17.5 Å². The number of rotatable bonds is 23. The van der Waals surface area contributed by atoms with E-state index in [1.807, 2.05) is 60.7 Å². The van der Waals surface area contributed by atoms with Gasteiger partial charge in [0.1, 0.15) is 6.10 Å². The molecule has 0 unspecified atom stereocenters. The maximum atomic E-state index is 12.5. The summed E-state index contributed by atoms with van der Waals surface area (Å²) in [5, 5.41) is 0. The Kier molecular flexibility index (Phi) is 18.4. The fourth-order valence-corrected chi connectivity index (χ4v) is 4.41. The summed E-state index contributed by atoms with van der Waals surface area (Å²) in [5.41, 5.74) is 2.20. The van der Waals surface area contributed by atoms with Crippen LogP contribution in [0.2, 0.25) is 0 Å². The van der Waals surface area contributed by atoms with Crippen LogP contribution in [0.25, 0.3) is 0 Å². The van der Waals surface area contributed by atoms with Crippen LogP contribution in [0.15, 0.2) is 60.7 Å². The lowest BCUT2D eigenvalue weighted by Gasteiger charge is -2.18. The van der Waals surface area contributed by atoms with Crippen molar-refractivity contribution in [3.8, 4) is 0 Å². The molecule has 4 nitrogen and oxygen atoms in total. The molecule has 0 fully saturated rings. The van der Waals surface area contributed by atoms with Crippen molar-refractivity contribution >= 4 is 5.97 Å². The van der Waals surface area contributed by atoms with Crippen molar-refractivity contribution in [1.82, 2.24) is 0 Å². The van der Waals surface area contributed by atoms with Crippen LogP contribution < -0.4 is 0 Å². The Labute approximate surface area is 226 Å². The summed E-state index contributed by atoms with van der Waals surface area (Å²) in [7, 11) is 0. The molecule has 37 heavy (non-hydrogen) atoms. The molecule has 0 aromatic heterocycles. The molecule has 0 aliphatic carbocycles. The number of ether oxygens (including phenoxy) is 3. The highest BCUT2D eigenvalue weighted by atomic mass is 16.6. The average molecular weight is 511 g/mol. The monoisotopic (exact) mass is 510 g/mol. The molecule has 0 heterocycles. The van der Waals surface area contributed by atoms with Gasteiger partial charge in [-0.25, -0.2) is 0 Å². The number of esters is 1. The van der Waals surface area contributed by atoms with E-state index in [1.165, 1.54) is 70.6 Å². The van der Waals surface area contributed by atoms with E-state index in [-0.39, 0.29) is 5.97 Å². The van der Waals surface area contributed by atoms with Gasteiger partial charge in [-0.3, -0.25) is 4.79 Å². The molecule has 0 aliphatic rings. The quantitative estimate of drug-likeness (QED) is 0.111. The van der Waals surface area contributed by atoms with E-state index in [0.29, 0.717) is 32.8 Å². The van der Waals surface area contributed by atoms with Crippen molar-refractivity contribution in [3.63, 3.8) is 0 Å². The van der Waals surface area contributed by atoms with E-state index in [9.17, 15) is 4.79 Å². The maximum Gasteiger partial charge on any atom is 0.306 e. The lowest BCUT2D eigenvalue weighted by molar-refractivity contribution is -0.157. The van der Waals surface area contributed by atoms with Gasteiger partial charge in [0.2, 0.25) is 0 Å². The molecule has 0 saturated carbocycles. The third-order valence-electron chi connectivity index (χ3n) is 6.61. The first kappa shape index (κ1) is 31.1. The molecular formula is C33H50O4. The van der Waals surface area contributed by atoms with Crippen molar-refractivity contribution in [2.24, 2.45) is 0 Å². The van der Waals surface area contributed by atoms with Gasteiger partial charge in [-0.15, -0.1) is 0 Å². The molecule has 206 valence electrons. The standard InChI is InChI=1S/C33H50O4/c1-2-3-4-5-6-7-8-9-10-11-12-13-20-25-33(34)37-32(28-35-26-30-21-16-14-17-22-30)29-36-27-31-23-18-15-19-24-31/h14-19,21-24,32H,2-13,20,25-29H2,1H3. The number of hydrogen-bond acceptors (Lipinski definition) is 4. The minimum absolute atomic E-state index is 0.153. The highest BCUT2D eigenvalue weighted by molar-refractivity contribution is 5.69. The van der Waals surface area contributed by atoms with Gasteiger partial charge in [0.05, 0.1) is 26.4 Å². The number of carbonyl (C=O) groups is 1. The van der Waals surface area contributed by atoms with Crippen molar-refractivity contribution in [2.45, 2.75) is 116 Å². The zero-order valence-corrected chi connectivity index (χ0v) is 23.2. The molecule has 0 atom stereocenters. The molecule has 2 rings (SSSR count). The van der Waals surface area contributed by atoms with Gasteiger partial charge in [0.15, 0.2) is 0 Å². The summed E-state index contributed by atoms with van der Waals surface area (Å²) in [6.07, 6.45) is 16.9. The fraction of sp³-hybridized carbons (Fsp3) is 0.606. The van der Waals surface area contributed by atoms with Gasteiger partial charge in [-0.2, -0.15) is 0 Å². The minimum Gasteiger partial charge on any atom is -0.457 e. The summed E-state index contributed by atoms with van der Waals surface area (Å²) in [6.45, 7) is 3.91. The van der Waals surface area contributed by atoms with Gasteiger partial charge >= 0.3 is 5.97 Å². The van der Waals surface area contributed by atoms with Crippen LogP contribution in [0.5, 0.6) is 0 Å². The Morgan fingerprint density at radius 1 is 0.595 bits per heavy atom. The summed E-state index contributed by atoms with van der Waals surface area (Å²) < 4.78 is 17.4. The third kappa shape index (κ3) is 17.1. The average Bonchev–Trinajstić information content (AvgIpc) is 2.92. The van der Waals surface area contributed by atoms with Crippen LogP contribution >= 0.6 is 0 Å². The van der Waals surface area contributed by atoms with Gasteiger partial charge in [-0.1, -0.05) is 145 Å². The number of carbonyl (C=O) groups excluding carboxylic acids is 1. The highest BCUT2D eigenvalue weighted by Crippen LogP contribution is 2.14. The molecule has 0 N–H and O–H groups in total. The molecule has 0 spiro atoms. The van der Waals surface area contributed by atoms with E-state index >= 15 is 0 Å².